The van der Waals surface area contributed by atoms with E-state index in [0.29, 0.717) is 12.3 Å². The van der Waals surface area contributed by atoms with Gasteiger partial charge in [-0.15, -0.1) is 0 Å². The van der Waals surface area contributed by atoms with E-state index in [-0.39, 0.29) is 5.92 Å². The van der Waals surface area contributed by atoms with Crippen molar-refractivity contribution >= 4 is 5.96 Å². The quantitative estimate of drug-likeness (QED) is 0.621. The summed E-state index contributed by atoms with van der Waals surface area (Å²) < 4.78 is 5.30. The molecule has 7 nitrogen and oxygen atoms in total. The maximum atomic E-state index is 5.30. The summed E-state index contributed by atoms with van der Waals surface area (Å²) in [5.41, 5.74) is 1.37. The van der Waals surface area contributed by atoms with Gasteiger partial charge in [-0.3, -0.25) is 9.89 Å². The smallest absolute Gasteiger partial charge is 0.228 e. The van der Waals surface area contributed by atoms with Gasteiger partial charge in [0.1, 0.15) is 0 Å². The average Bonchev–Trinajstić information content (AvgIpc) is 3.16. The summed E-state index contributed by atoms with van der Waals surface area (Å²) in [5.74, 6) is 2.67. The van der Waals surface area contributed by atoms with Gasteiger partial charge in [0.2, 0.25) is 5.89 Å². The molecular formula is C20H30N6O. The van der Waals surface area contributed by atoms with Gasteiger partial charge in [0.05, 0.1) is 0 Å². The second kappa shape index (κ2) is 9.50. The lowest BCUT2D eigenvalue weighted by atomic mass is 10.2. The van der Waals surface area contributed by atoms with Gasteiger partial charge in [-0.1, -0.05) is 49.3 Å². The van der Waals surface area contributed by atoms with Gasteiger partial charge >= 0.3 is 0 Å². The first kappa shape index (κ1) is 19.4. The number of piperazine rings is 1. The highest BCUT2D eigenvalue weighted by atomic mass is 16.5. The minimum Gasteiger partial charge on any atom is -0.356 e. The third kappa shape index (κ3) is 5.53. The van der Waals surface area contributed by atoms with Crippen LogP contribution >= 0.6 is 0 Å². The fourth-order valence-electron chi connectivity index (χ4n) is 3.18. The molecule has 1 aliphatic heterocycles. The van der Waals surface area contributed by atoms with Gasteiger partial charge in [-0.2, -0.15) is 4.98 Å². The SMILES string of the molecule is CN=C(NCCc1nc(C(C)C)no1)N1CCN(Cc2ccccc2)CC1. The molecule has 1 aromatic carbocycles. The van der Waals surface area contributed by atoms with Gasteiger partial charge in [0, 0.05) is 58.7 Å². The normalized spacial score (nSPS) is 16.1. The molecule has 3 rings (SSSR count). The van der Waals surface area contributed by atoms with Crippen molar-refractivity contribution in [1.29, 1.82) is 0 Å². The van der Waals surface area contributed by atoms with Crippen LogP contribution in [-0.2, 0) is 13.0 Å². The molecule has 1 N–H and O–H groups in total. The molecule has 2 heterocycles. The molecule has 1 fully saturated rings. The first-order chi connectivity index (χ1) is 13.2. The zero-order valence-electron chi connectivity index (χ0n) is 16.6. The Morgan fingerprint density at radius 1 is 1.19 bits per heavy atom. The van der Waals surface area contributed by atoms with E-state index < -0.39 is 0 Å². The van der Waals surface area contributed by atoms with Crippen molar-refractivity contribution < 1.29 is 4.52 Å². The molecule has 0 atom stereocenters. The number of guanidine groups is 1. The van der Waals surface area contributed by atoms with Crippen LogP contribution < -0.4 is 5.32 Å². The van der Waals surface area contributed by atoms with Crippen molar-refractivity contribution in [3.05, 3.63) is 47.6 Å². The molecule has 0 aliphatic carbocycles. The fourth-order valence-corrected chi connectivity index (χ4v) is 3.18. The topological polar surface area (TPSA) is 69.8 Å². The van der Waals surface area contributed by atoms with Crippen LogP contribution in [0.25, 0.3) is 0 Å². The predicted molar refractivity (Wildman–Crippen MR) is 107 cm³/mol. The summed E-state index contributed by atoms with van der Waals surface area (Å²) in [6.07, 6.45) is 0.701. The minimum absolute atomic E-state index is 0.287. The molecule has 146 valence electrons. The van der Waals surface area contributed by atoms with E-state index in [2.05, 4.69) is 74.4 Å². The highest BCUT2D eigenvalue weighted by Crippen LogP contribution is 2.10. The number of hydrogen-bond donors (Lipinski definition) is 1. The number of nitrogens with one attached hydrogen (secondary N) is 1. The van der Waals surface area contributed by atoms with E-state index in [1.807, 2.05) is 7.05 Å². The van der Waals surface area contributed by atoms with Crippen LogP contribution in [0.15, 0.2) is 39.8 Å². The molecular weight excluding hydrogens is 340 g/mol. The first-order valence-corrected chi connectivity index (χ1v) is 9.70. The van der Waals surface area contributed by atoms with Crippen molar-refractivity contribution in [2.24, 2.45) is 4.99 Å². The molecule has 2 aromatic rings. The van der Waals surface area contributed by atoms with E-state index in [9.17, 15) is 0 Å². The molecule has 0 radical (unpaired) electrons. The molecule has 0 bridgehead atoms. The third-order valence-corrected chi connectivity index (χ3v) is 4.75. The largest absolute Gasteiger partial charge is 0.356 e. The second-order valence-corrected chi connectivity index (χ2v) is 7.17. The lowest BCUT2D eigenvalue weighted by Crippen LogP contribution is -2.52. The van der Waals surface area contributed by atoms with Gasteiger partial charge < -0.3 is 14.7 Å². The molecule has 0 unspecified atom stereocenters. The molecule has 1 saturated heterocycles. The number of benzene rings is 1. The van der Waals surface area contributed by atoms with Crippen LogP contribution in [-0.4, -0.2) is 65.7 Å². The number of aliphatic imine (C=N–C) groups is 1. The van der Waals surface area contributed by atoms with E-state index >= 15 is 0 Å². The summed E-state index contributed by atoms with van der Waals surface area (Å²) in [6.45, 7) is 9.90. The van der Waals surface area contributed by atoms with Crippen molar-refractivity contribution in [2.45, 2.75) is 32.7 Å². The Balaban J connectivity index is 1.42. The highest BCUT2D eigenvalue weighted by molar-refractivity contribution is 5.80. The van der Waals surface area contributed by atoms with Gasteiger partial charge in [-0.05, 0) is 5.56 Å². The Morgan fingerprint density at radius 3 is 2.56 bits per heavy atom. The summed E-state index contributed by atoms with van der Waals surface area (Å²) in [4.78, 5) is 13.7. The standard InChI is InChI=1S/C20H30N6O/c1-16(2)19-23-18(27-24-19)9-10-22-20(21-3)26-13-11-25(12-14-26)15-17-7-5-4-6-8-17/h4-8,16H,9-15H2,1-3H3,(H,21,22). The lowest BCUT2D eigenvalue weighted by Gasteiger charge is -2.36. The third-order valence-electron chi connectivity index (χ3n) is 4.75. The minimum atomic E-state index is 0.287. The Hall–Kier alpha value is -2.41. The second-order valence-electron chi connectivity index (χ2n) is 7.17. The number of aromatic nitrogens is 2. The zero-order chi connectivity index (χ0) is 19.1. The maximum absolute atomic E-state index is 5.30. The molecule has 7 heteroatoms. The van der Waals surface area contributed by atoms with Crippen molar-refractivity contribution in [3.8, 4) is 0 Å². The monoisotopic (exact) mass is 370 g/mol. The van der Waals surface area contributed by atoms with Crippen molar-refractivity contribution in [3.63, 3.8) is 0 Å². The lowest BCUT2D eigenvalue weighted by molar-refractivity contribution is 0.172. The van der Waals surface area contributed by atoms with Crippen LogP contribution in [0, 0.1) is 0 Å². The van der Waals surface area contributed by atoms with Crippen LogP contribution in [0.4, 0.5) is 0 Å². The summed E-state index contributed by atoms with van der Waals surface area (Å²) in [5, 5.41) is 7.43. The molecule has 0 amide bonds. The summed E-state index contributed by atoms with van der Waals surface area (Å²) in [6, 6.07) is 10.6. The van der Waals surface area contributed by atoms with E-state index in [1.165, 1.54) is 5.56 Å². The molecule has 1 aliphatic rings. The van der Waals surface area contributed by atoms with E-state index in [1.54, 1.807) is 0 Å². The average molecular weight is 371 g/mol. The van der Waals surface area contributed by atoms with E-state index in [4.69, 9.17) is 4.52 Å². The number of nitrogens with zero attached hydrogens (tertiary/aromatic N) is 5. The highest BCUT2D eigenvalue weighted by Gasteiger charge is 2.19. The van der Waals surface area contributed by atoms with Crippen LogP contribution in [0.3, 0.4) is 0 Å². The van der Waals surface area contributed by atoms with Gasteiger partial charge in [0.25, 0.3) is 0 Å². The summed E-state index contributed by atoms with van der Waals surface area (Å²) >= 11 is 0. The van der Waals surface area contributed by atoms with E-state index in [0.717, 1.165) is 51.1 Å². The zero-order valence-corrected chi connectivity index (χ0v) is 16.6. The molecule has 0 spiro atoms. The summed E-state index contributed by atoms with van der Waals surface area (Å²) in [7, 11) is 1.84. The molecule has 1 aromatic heterocycles. The fraction of sp³-hybridized carbons (Fsp3) is 0.550. The Labute approximate surface area is 161 Å². The maximum Gasteiger partial charge on any atom is 0.228 e. The molecule has 0 saturated carbocycles. The van der Waals surface area contributed by atoms with Crippen molar-refractivity contribution in [1.82, 2.24) is 25.3 Å². The van der Waals surface area contributed by atoms with Crippen LogP contribution in [0.2, 0.25) is 0 Å². The number of rotatable bonds is 6. The van der Waals surface area contributed by atoms with Gasteiger partial charge in [0.15, 0.2) is 11.8 Å². The molecule has 27 heavy (non-hydrogen) atoms. The first-order valence-electron chi connectivity index (χ1n) is 9.70. The van der Waals surface area contributed by atoms with Crippen LogP contribution in [0.5, 0.6) is 0 Å². The Morgan fingerprint density at radius 2 is 1.93 bits per heavy atom. The predicted octanol–water partition coefficient (Wildman–Crippen LogP) is 2.13. The van der Waals surface area contributed by atoms with Gasteiger partial charge in [-0.25, -0.2) is 0 Å². The van der Waals surface area contributed by atoms with Crippen LogP contribution in [0.1, 0.15) is 37.0 Å². The number of hydrogen-bond acceptors (Lipinski definition) is 5. The van der Waals surface area contributed by atoms with Crippen molar-refractivity contribution in [2.75, 3.05) is 39.8 Å². The Bertz CT molecular complexity index is 719. The Kier molecular flexibility index (Phi) is 6.81.